The van der Waals surface area contributed by atoms with Crippen molar-refractivity contribution in [2.24, 2.45) is 0 Å². The van der Waals surface area contributed by atoms with E-state index in [9.17, 15) is 14.7 Å². The zero-order valence-electron chi connectivity index (χ0n) is 19.1. The van der Waals surface area contributed by atoms with E-state index in [4.69, 9.17) is 5.11 Å². The SMILES string of the molecule is O.O.O=C([O-])c1ccccc1SSc1ccccc1C(=O)O.c1cc(CCc2cc[nH+]cc2)ccn1. The molecule has 2 aromatic carbocycles. The summed E-state index contributed by atoms with van der Waals surface area (Å²) in [6, 6.07) is 21.4. The molecule has 0 radical (unpaired) electrons. The number of carboxylic acid groups (broad SMARTS) is 2. The van der Waals surface area contributed by atoms with Crippen molar-refractivity contribution in [3.05, 3.63) is 120 Å². The van der Waals surface area contributed by atoms with Crippen LogP contribution in [0, 0.1) is 0 Å². The first-order valence-corrected chi connectivity index (χ1v) is 12.5. The van der Waals surface area contributed by atoms with Gasteiger partial charge in [0.05, 0.1) is 11.5 Å². The number of aryl methyl sites for hydroxylation is 2. The number of carbonyl (C=O) groups is 2. The Hall–Kier alpha value is -3.70. The van der Waals surface area contributed by atoms with Gasteiger partial charge in [-0.15, -0.1) is 0 Å². The maximum atomic E-state index is 11.1. The number of H-pyrrole nitrogens is 1. The molecule has 8 nitrogen and oxygen atoms in total. The van der Waals surface area contributed by atoms with Gasteiger partial charge in [-0.05, 0) is 54.3 Å². The van der Waals surface area contributed by atoms with E-state index in [1.807, 2.05) is 24.8 Å². The summed E-state index contributed by atoms with van der Waals surface area (Å²) in [5.74, 6) is -2.26. The van der Waals surface area contributed by atoms with E-state index in [0.717, 1.165) is 12.8 Å². The summed E-state index contributed by atoms with van der Waals surface area (Å²) in [5.41, 5.74) is 2.99. The van der Waals surface area contributed by atoms with E-state index in [1.54, 1.807) is 36.4 Å². The van der Waals surface area contributed by atoms with Gasteiger partial charge < -0.3 is 26.0 Å². The second kappa shape index (κ2) is 16.1. The average Bonchev–Trinajstić information content (AvgIpc) is 2.88. The molecule has 2 heterocycles. The lowest BCUT2D eigenvalue weighted by Gasteiger charge is -2.09. The Balaban J connectivity index is 0.000000359. The number of hydrogen-bond donors (Lipinski definition) is 1. The van der Waals surface area contributed by atoms with E-state index >= 15 is 0 Å². The first-order chi connectivity index (χ1) is 16.5. The van der Waals surface area contributed by atoms with Crippen LogP contribution in [0.5, 0.6) is 0 Å². The van der Waals surface area contributed by atoms with Crippen molar-refractivity contribution >= 4 is 33.5 Å². The van der Waals surface area contributed by atoms with Gasteiger partial charge in [0.25, 0.3) is 0 Å². The Morgan fingerprint density at radius 2 is 1.22 bits per heavy atom. The molecule has 0 atom stereocenters. The predicted molar refractivity (Wildman–Crippen MR) is 138 cm³/mol. The van der Waals surface area contributed by atoms with Gasteiger partial charge >= 0.3 is 5.97 Å². The minimum atomic E-state index is -1.25. The third-order valence-corrected chi connectivity index (χ3v) is 7.17. The Morgan fingerprint density at radius 1 is 0.750 bits per heavy atom. The van der Waals surface area contributed by atoms with E-state index in [1.165, 1.54) is 44.8 Å². The second-order valence-electron chi connectivity index (χ2n) is 7.02. The summed E-state index contributed by atoms with van der Waals surface area (Å²) in [6.45, 7) is 0. The number of benzene rings is 2. The van der Waals surface area contributed by atoms with Gasteiger partial charge in [-0.25, -0.2) is 9.78 Å². The minimum absolute atomic E-state index is 0. The van der Waals surface area contributed by atoms with Gasteiger partial charge in [-0.1, -0.05) is 51.9 Å². The molecule has 4 rings (SSSR count). The van der Waals surface area contributed by atoms with Crippen molar-refractivity contribution in [3.63, 3.8) is 0 Å². The maximum Gasteiger partial charge on any atom is 0.336 e. The lowest BCUT2D eigenvalue weighted by atomic mass is 10.1. The molecule has 0 saturated carbocycles. The first-order valence-electron chi connectivity index (χ1n) is 10.4. The van der Waals surface area contributed by atoms with Gasteiger partial charge in [-0.2, -0.15) is 0 Å². The number of rotatable bonds is 8. The molecule has 0 fully saturated rings. The lowest BCUT2D eigenvalue weighted by molar-refractivity contribution is -0.378. The summed E-state index contributed by atoms with van der Waals surface area (Å²) in [6.07, 6.45) is 9.76. The molecule has 188 valence electrons. The highest BCUT2D eigenvalue weighted by atomic mass is 33.1. The fraction of sp³-hybridized carbons (Fsp3) is 0.0769. The zero-order valence-corrected chi connectivity index (χ0v) is 20.7. The van der Waals surface area contributed by atoms with Crippen LogP contribution >= 0.6 is 21.6 Å². The van der Waals surface area contributed by atoms with Crippen LogP contribution < -0.4 is 10.1 Å². The maximum absolute atomic E-state index is 11.1. The third-order valence-electron chi connectivity index (χ3n) is 4.68. The van der Waals surface area contributed by atoms with E-state index in [-0.39, 0.29) is 22.1 Å². The normalized spacial score (nSPS) is 9.56. The second-order valence-corrected chi connectivity index (χ2v) is 9.23. The van der Waals surface area contributed by atoms with E-state index in [0.29, 0.717) is 9.79 Å². The summed E-state index contributed by atoms with van der Waals surface area (Å²) in [5, 5.41) is 20.1. The molecule has 0 bridgehead atoms. The van der Waals surface area contributed by atoms with Crippen LogP contribution in [0.2, 0.25) is 0 Å². The van der Waals surface area contributed by atoms with Crippen LogP contribution in [0.25, 0.3) is 0 Å². The Labute approximate surface area is 216 Å². The lowest BCUT2D eigenvalue weighted by Crippen LogP contribution is -2.22. The van der Waals surface area contributed by atoms with Gasteiger partial charge in [0, 0.05) is 39.9 Å². The van der Waals surface area contributed by atoms with Gasteiger partial charge in [0.1, 0.15) is 0 Å². The number of hydrogen-bond acceptors (Lipinski definition) is 6. The number of pyridine rings is 2. The fourth-order valence-corrected chi connectivity index (χ4v) is 5.28. The standard InChI is InChI=1S/C14H10O4S2.C12H12N2.2H2O/c15-13(16)9-5-1-3-7-11(9)19-20-12-8-4-2-6-10(12)14(17)18;1(11-3-7-13-8-4-11)2-12-5-9-14-10-6-12;;/h1-8H,(H,15,16)(H,17,18);3-10H,1-2H2;2*1H2. The number of carboxylic acids is 2. The Bertz CT molecular complexity index is 1130. The third kappa shape index (κ3) is 9.51. The highest BCUT2D eigenvalue weighted by Gasteiger charge is 2.11. The minimum Gasteiger partial charge on any atom is -0.545 e. The summed E-state index contributed by atoms with van der Waals surface area (Å²) in [7, 11) is 2.40. The van der Waals surface area contributed by atoms with Gasteiger partial charge in [-0.3, -0.25) is 4.98 Å². The van der Waals surface area contributed by atoms with Crippen molar-refractivity contribution in [1.82, 2.24) is 4.98 Å². The topological polar surface area (TPSA) is 167 Å². The predicted octanol–water partition coefficient (Wildman–Crippen LogP) is 2.58. The molecular weight excluding hydrogens is 500 g/mol. The Morgan fingerprint density at radius 3 is 1.75 bits per heavy atom. The molecule has 0 aliphatic heterocycles. The number of aromatic nitrogens is 2. The van der Waals surface area contributed by atoms with Gasteiger partial charge in [0.2, 0.25) is 0 Å². The number of nitrogens with zero attached hydrogens (tertiary/aromatic N) is 1. The summed E-state index contributed by atoms with van der Waals surface area (Å²) in [4.78, 5) is 30.2. The molecular formula is C26H26N2O6S2. The number of aromatic carboxylic acids is 2. The number of aromatic amines is 1. The highest BCUT2D eigenvalue weighted by Crippen LogP contribution is 2.40. The Kier molecular flexibility index (Phi) is 13.5. The first kappa shape index (κ1) is 30.3. The zero-order chi connectivity index (χ0) is 24.2. The molecule has 0 spiro atoms. The van der Waals surface area contributed by atoms with Crippen molar-refractivity contribution in [2.75, 3.05) is 0 Å². The molecule has 4 aromatic rings. The van der Waals surface area contributed by atoms with Crippen LogP contribution in [0.1, 0.15) is 31.8 Å². The largest absolute Gasteiger partial charge is 0.545 e. The molecule has 2 aromatic heterocycles. The smallest absolute Gasteiger partial charge is 0.336 e. The van der Waals surface area contributed by atoms with E-state index in [2.05, 4.69) is 34.2 Å². The van der Waals surface area contributed by atoms with Crippen molar-refractivity contribution in [2.45, 2.75) is 22.6 Å². The fourth-order valence-electron chi connectivity index (χ4n) is 2.94. The molecule has 6 N–H and O–H groups in total. The van der Waals surface area contributed by atoms with Crippen molar-refractivity contribution in [3.8, 4) is 0 Å². The van der Waals surface area contributed by atoms with Crippen molar-refractivity contribution in [1.29, 1.82) is 0 Å². The van der Waals surface area contributed by atoms with Crippen LogP contribution in [0.4, 0.5) is 0 Å². The molecule has 0 amide bonds. The number of carbonyl (C=O) groups excluding carboxylic acids is 1. The quantitative estimate of drug-likeness (QED) is 0.344. The monoisotopic (exact) mass is 526 g/mol. The molecule has 0 aliphatic carbocycles. The van der Waals surface area contributed by atoms with Crippen LogP contribution in [0.3, 0.4) is 0 Å². The molecule has 36 heavy (non-hydrogen) atoms. The van der Waals surface area contributed by atoms with Crippen LogP contribution in [-0.2, 0) is 12.8 Å². The van der Waals surface area contributed by atoms with Gasteiger partial charge in [0.15, 0.2) is 12.4 Å². The van der Waals surface area contributed by atoms with Crippen LogP contribution in [-0.4, -0.2) is 33.0 Å². The number of nitrogens with one attached hydrogen (secondary N) is 1. The summed E-state index contributed by atoms with van der Waals surface area (Å²) < 4.78 is 0. The highest BCUT2D eigenvalue weighted by molar-refractivity contribution is 8.76. The van der Waals surface area contributed by atoms with Crippen molar-refractivity contribution < 1.29 is 35.7 Å². The van der Waals surface area contributed by atoms with Crippen LogP contribution in [0.15, 0.2) is 107 Å². The molecule has 0 aliphatic rings. The summed E-state index contributed by atoms with van der Waals surface area (Å²) >= 11 is 0. The van der Waals surface area contributed by atoms with E-state index < -0.39 is 11.9 Å². The molecule has 10 heteroatoms. The average molecular weight is 527 g/mol. The molecule has 0 saturated heterocycles. The molecule has 0 unspecified atom stereocenters.